The van der Waals surface area contributed by atoms with Gasteiger partial charge in [0.15, 0.2) is 5.82 Å². The van der Waals surface area contributed by atoms with Gasteiger partial charge in [-0.05, 0) is 11.1 Å². The molecule has 0 amide bonds. The zero-order chi connectivity index (χ0) is 16.5. The Morgan fingerprint density at radius 1 is 1.21 bits per heavy atom. The van der Waals surface area contributed by atoms with Crippen molar-refractivity contribution in [2.24, 2.45) is 7.05 Å². The third-order valence-corrected chi connectivity index (χ3v) is 4.36. The number of alkyl halides is 1. The summed E-state index contributed by atoms with van der Waals surface area (Å²) in [6, 6.07) is 7.64. The highest BCUT2D eigenvalue weighted by Gasteiger charge is 2.31. The monoisotopic (exact) mass is 323 g/mol. The van der Waals surface area contributed by atoms with Gasteiger partial charge in [-0.15, -0.1) is 0 Å². The van der Waals surface area contributed by atoms with Gasteiger partial charge in [0.25, 0.3) is 0 Å². The molecular formula is C18H18FN5. The number of aromatic nitrogens is 4. The topological polar surface area (TPSA) is 55.6 Å². The van der Waals surface area contributed by atoms with Crippen molar-refractivity contribution in [3.8, 4) is 11.4 Å². The summed E-state index contributed by atoms with van der Waals surface area (Å²) in [5.74, 6) is 0.640. The Bertz CT molecular complexity index is 843. The molecule has 6 heteroatoms. The summed E-state index contributed by atoms with van der Waals surface area (Å²) in [6.45, 7) is 0.534. The average Bonchev–Trinajstić information content (AvgIpc) is 3.16. The first kappa shape index (κ1) is 15.0. The molecule has 122 valence electrons. The summed E-state index contributed by atoms with van der Waals surface area (Å²) < 4.78 is 16.0. The molecule has 24 heavy (non-hydrogen) atoms. The van der Waals surface area contributed by atoms with Crippen LogP contribution in [0, 0.1) is 0 Å². The van der Waals surface area contributed by atoms with Crippen LogP contribution in [-0.2, 0) is 20.0 Å². The van der Waals surface area contributed by atoms with Crippen molar-refractivity contribution in [3.05, 3.63) is 65.7 Å². The lowest BCUT2D eigenvalue weighted by Gasteiger charge is -2.16. The first-order valence-corrected chi connectivity index (χ1v) is 7.96. The van der Waals surface area contributed by atoms with Crippen molar-refractivity contribution in [2.45, 2.75) is 25.2 Å². The molecule has 4 rings (SSSR count). The molecule has 2 atom stereocenters. The molecular weight excluding hydrogens is 305 g/mol. The van der Waals surface area contributed by atoms with Gasteiger partial charge in [0.1, 0.15) is 6.17 Å². The highest BCUT2D eigenvalue weighted by atomic mass is 19.1. The van der Waals surface area contributed by atoms with Gasteiger partial charge >= 0.3 is 0 Å². The second kappa shape index (κ2) is 6.13. The summed E-state index contributed by atoms with van der Waals surface area (Å²) in [6.07, 6.45) is 6.74. The molecule has 0 bridgehead atoms. The SMILES string of the molecule is Cn1cc(-c2ncc(CN[C@H]3c4ccccc4C[C@H]3F)cn2)cn1. The van der Waals surface area contributed by atoms with Crippen LogP contribution in [-0.4, -0.2) is 25.9 Å². The number of rotatable bonds is 4. The summed E-state index contributed by atoms with van der Waals surface area (Å²) in [4.78, 5) is 8.75. The minimum atomic E-state index is -0.891. The summed E-state index contributed by atoms with van der Waals surface area (Å²) in [5, 5.41) is 7.41. The van der Waals surface area contributed by atoms with E-state index >= 15 is 0 Å². The number of hydrogen-bond donors (Lipinski definition) is 1. The first-order valence-electron chi connectivity index (χ1n) is 7.96. The Balaban J connectivity index is 1.45. The largest absolute Gasteiger partial charge is 0.303 e. The minimum absolute atomic E-state index is 0.265. The smallest absolute Gasteiger partial charge is 0.162 e. The van der Waals surface area contributed by atoms with E-state index in [4.69, 9.17) is 0 Å². The average molecular weight is 323 g/mol. The molecule has 0 unspecified atom stereocenters. The Labute approximate surface area is 139 Å². The van der Waals surface area contributed by atoms with E-state index in [1.807, 2.05) is 37.5 Å². The Morgan fingerprint density at radius 2 is 2.00 bits per heavy atom. The number of fused-ring (bicyclic) bond motifs is 1. The van der Waals surface area contributed by atoms with Crippen LogP contribution in [0.5, 0.6) is 0 Å². The number of nitrogens with one attached hydrogen (secondary N) is 1. The Kier molecular flexibility index (Phi) is 3.82. The molecule has 1 aliphatic rings. The molecule has 5 nitrogen and oxygen atoms in total. The van der Waals surface area contributed by atoms with Crippen LogP contribution >= 0.6 is 0 Å². The fourth-order valence-corrected chi connectivity index (χ4v) is 3.14. The van der Waals surface area contributed by atoms with Crippen LogP contribution in [0.2, 0.25) is 0 Å². The number of aryl methyl sites for hydroxylation is 1. The lowest BCUT2D eigenvalue weighted by Crippen LogP contribution is -2.26. The maximum Gasteiger partial charge on any atom is 0.162 e. The maximum absolute atomic E-state index is 14.3. The quantitative estimate of drug-likeness (QED) is 0.802. The fourth-order valence-electron chi connectivity index (χ4n) is 3.14. The van der Waals surface area contributed by atoms with Crippen LogP contribution in [0.1, 0.15) is 22.7 Å². The van der Waals surface area contributed by atoms with Gasteiger partial charge in [-0.2, -0.15) is 5.10 Å². The molecule has 1 aromatic carbocycles. The number of nitrogens with zero attached hydrogens (tertiary/aromatic N) is 4. The molecule has 0 spiro atoms. The van der Waals surface area contributed by atoms with E-state index in [2.05, 4.69) is 20.4 Å². The fraction of sp³-hybridized carbons (Fsp3) is 0.278. The third-order valence-electron chi connectivity index (χ3n) is 4.36. The van der Waals surface area contributed by atoms with Crippen molar-refractivity contribution in [2.75, 3.05) is 0 Å². The highest BCUT2D eigenvalue weighted by Crippen LogP contribution is 2.33. The van der Waals surface area contributed by atoms with Crippen LogP contribution in [0.4, 0.5) is 4.39 Å². The molecule has 0 radical (unpaired) electrons. The van der Waals surface area contributed by atoms with E-state index in [-0.39, 0.29) is 6.04 Å². The zero-order valence-corrected chi connectivity index (χ0v) is 13.4. The Hall–Kier alpha value is -2.60. The van der Waals surface area contributed by atoms with Crippen molar-refractivity contribution >= 4 is 0 Å². The highest BCUT2D eigenvalue weighted by molar-refractivity contribution is 5.51. The Morgan fingerprint density at radius 3 is 2.75 bits per heavy atom. The maximum atomic E-state index is 14.3. The van der Waals surface area contributed by atoms with Gasteiger partial charge < -0.3 is 5.32 Å². The van der Waals surface area contributed by atoms with E-state index in [0.717, 1.165) is 22.3 Å². The molecule has 1 aliphatic carbocycles. The van der Waals surface area contributed by atoms with Crippen LogP contribution in [0.3, 0.4) is 0 Å². The van der Waals surface area contributed by atoms with Crippen molar-refractivity contribution in [1.82, 2.24) is 25.1 Å². The minimum Gasteiger partial charge on any atom is -0.303 e. The van der Waals surface area contributed by atoms with E-state index in [9.17, 15) is 4.39 Å². The molecule has 0 saturated heterocycles. The number of hydrogen-bond acceptors (Lipinski definition) is 4. The van der Waals surface area contributed by atoms with Gasteiger partial charge in [0.2, 0.25) is 0 Å². The molecule has 0 saturated carbocycles. The summed E-state index contributed by atoms with van der Waals surface area (Å²) >= 11 is 0. The molecule has 3 aromatic rings. The predicted octanol–water partition coefficient (Wildman–Crippen LogP) is 2.60. The molecule has 2 heterocycles. The molecule has 0 aliphatic heterocycles. The van der Waals surface area contributed by atoms with E-state index < -0.39 is 6.17 Å². The summed E-state index contributed by atoms with van der Waals surface area (Å²) in [5.41, 5.74) is 3.95. The number of benzene rings is 1. The van der Waals surface area contributed by atoms with Crippen LogP contribution in [0.25, 0.3) is 11.4 Å². The lowest BCUT2D eigenvalue weighted by atomic mass is 10.1. The summed E-state index contributed by atoms with van der Waals surface area (Å²) in [7, 11) is 1.86. The standard InChI is InChI=1S/C18H18FN5/c1-24-11-14(10-23-24)18-21-8-12(9-22-18)7-20-17-15-5-3-2-4-13(15)6-16(17)19/h2-5,8-11,16-17,20H,6-7H2,1H3/t16-,17+/m1/s1. The predicted molar refractivity (Wildman–Crippen MR) is 88.9 cm³/mol. The normalized spacial score (nSPS) is 19.4. The second-order valence-corrected chi connectivity index (χ2v) is 6.10. The van der Waals surface area contributed by atoms with E-state index in [1.54, 1.807) is 23.3 Å². The van der Waals surface area contributed by atoms with E-state index in [1.165, 1.54) is 0 Å². The lowest BCUT2D eigenvalue weighted by molar-refractivity contribution is 0.268. The second-order valence-electron chi connectivity index (χ2n) is 6.10. The van der Waals surface area contributed by atoms with Crippen molar-refractivity contribution < 1.29 is 4.39 Å². The van der Waals surface area contributed by atoms with Gasteiger partial charge in [0.05, 0.1) is 17.8 Å². The molecule has 2 aromatic heterocycles. The first-order chi connectivity index (χ1) is 11.7. The molecule has 1 N–H and O–H groups in total. The van der Waals surface area contributed by atoms with Crippen molar-refractivity contribution in [1.29, 1.82) is 0 Å². The van der Waals surface area contributed by atoms with Crippen LogP contribution in [0.15, 0.2) is 49.1 Å². The van der Waals surface area contributed by atoms with Gasteiger partial charge in [0, 0.05) is 44.2 Å². The van der Waals surface area contributed by atoms with Gasteiger partial charge in [-0.3, -0.25) is 4.68 Å². The van der Waals surface area contributed by atoms with Crippen LogP contribution < -0.4 is 5.32 Å². The number of halogens is 1. The zero-order valence-electron chi connectivity index (χ0n) is 13.4. The van der Waals surface area contributed by atoms with Crippen molar-refractivity contribution in [3.63, 3.8) is 0 Å². The van der Waals surface area contributed by atoms with Gasteiger partial charge in [-0.1, -0.05) is 24.3 Å². The van der Waals surface area contributed by atoms with Gasteiger partial charge in [-0.25, -0.2) is 14.4 Å². The molecule has 0 fully saturated rings. The third kappa shape index (κ3) is 2.80. The van der Waals surface area contributed by atoms with E-state index in [0.29, 0.717) is 18.8 Å².